The van der Waals surface area contributed by atoms with Crippen molar-refractivity contribution in [2.75, 3.05) is 19.8 Å². The van der Waals surface area contributed by atoms with Crippen molar-refractivity contribution in [1.82, 2.24) is 4.98 Å². The fraction of sp³-hybridized carbons (Fsp3) is 0.615. The molecule has 1 saturated heterocycles. The largest absolute Gasteiger partial charge is 0.489 e. The molecule has 1 aromatic heterocycles. The highest BCUT2D eigenvalue weighted by Crippen LogP contribution is 2.20. The van der Waals surface area contributed by atoms with Crippen molar-refractivity contribution in [1.29, 1.82) is 0 Å². The minimum absolute atomic E-state index is 0.0381. The number of pyridine rings is 1. The summed E-state index contributed by atoms with van der Waals surface area (Å²) in [6.07, 6.45) is 3.34. The number of ether oxygens (including phenoxy) is 3. The van der Waals surface area contributed by atoms with Gasteiger partial charge >= 0.3 is 0 Å². The Kier molecular flexibility index (Phi) is 4.16. The zero-order valence-corrected chi connectivity index (χ0v) is 10.9. The molecule has 1 aromatic rings. The third-order valence-electron chi connectivity index (χ3n) is 2.84. The monoisotopic (exact) mass is 252 g/mol. The van der Waals surface area contributed by atoms with E-state index in [9.17, 15) is 0 Å². The standard InChI is InChI=1S/C13H20N2O3/c1-13(2)9-17-11(8-18-13)7-16-12-6-15-4-3-10(12)5-14/h3-4,6,11H,5,7-9,14H2,1-2H3. The number of nitrogens with two attached hydrogens (primary N) is 1. The summed E-state index contributed by atoms with van der Waals surface area (Å²) in [4.78, 5) is 4.03. The van der Waals surface area contributed by atoms with Gasteiger partial charge in [0, 0.05) is 18.3 Å². The first kappa shape index (κ1) is 13.3. The van der Waals surface area contributed by atoms with Gasteiger partial charge in [-0.1, -0.05) is 0 Å². The molecule has 1 atom stereocenters. The van der Waals surface area contributed by atoms with Crippen LogP contribution in [0.5, 0.6) is 5.75 Å². The van der Waals surface area contributed by atoms with Crippen LogP contribution >= 0.6 is 0 Å². The Morgan fingerprint density at radius 3 is 3.06 bits per heavy atom. The maximum absolute atomic E-state index is 5.69. The zero-order valence-electron chi connectivity index (χ0n) is 10.9. The van der Waals surface area contributed by atoms with Crippen molar-refractivity contribution >= 4 is 0 Å². The molecule has 0 saturated carbocycles. The van der Waals surface area contributed by atoms with E-state index in [1.54, 1.807) is 12.4 Å². The molecule has 5 heteroatoms. The van der Waals surface area contributed by atoms with E-state index in [0.717, 1.165) is 5.56 Å². The molecule has 1 fully saturated rings. The summed E-state index contributed by atoms with van der Waals surface area (Å²) in [5.74, 6) is 0.716. The second-order valence-corrected chi connectivity index (χ2v) is 5.00. The maximum Gasteiger partial charge on any atom is 0.142 e. The van der Waals surface area contributed by atoms with E-state index in [1.807, 2.05) is 19.9 Å². The van der Waals surface area contributed by atoms with E-state index in [1.165, 1.54) is 0 Å². The number of rotatable bonds is 4. The van der Waals surface area contributed by atoms with Gasteiger partial charge in [0.25, 0.3) is 0 Å². The third kappa shape index (κ3) is 3.41. The van der Waals surface area contributed by atoms with Crippen LogP contribution in [-0.2, 0) is 16.0 Å². The highest BCUT2D eigenvalue weighted by Gasteiger charge is 2.28. The molecule has 18 heavy (non-hydrogen) atoms. The Labute approximate surface area is 107 Å². The van der Waals surface area contributed by atoms with Crippen molar-refractivity contribution < 1.29 is 14.2 Å². The second-order valence-electron chi connectivity index (χ2n) is 5.00. The highest BCUT2D eigenvalue weighted by atomic mass is 16.6. The molecule has 0 bridgehead atoms. The summed E-state index contributed by atoms with van der Waals surface area (Å²) in [7, 11) is 0. The Morgan fingerprint density at radius 1 is 1.56 bits per heavy atom. The van der Waals surface area contributed by atoms with Crippen LogP contribution in [-0.4, -0.2) is 36.5 Å². The van der Waals surface area contributed by atoms with Gasteiger partial charge in [-0.15, -0.1) is 0 Å². The molecule has 2 rings (SSSR count). The molecule has 0 aliphatic carbocycles. The van der Waals surface area contributed by atoms with Crippen LogP contribution in [0.3, 0.4) is 0 Å². The molecule has 5 nitrogen and oxygen atoms in total. The minimum atomic E-state index is -0.201. The van der Waals surface area contributed by atoms with Crippen molar-refractivity contribution in [3.63, 3.8) is 0 Å². The average Bonchev–Trinajstić information content (AvgIpc) is 2.38. The molecular weight excluding hydrogens is 232 g/mol. The lowest BCUT2D eigenvalue weighted by molar-refractivity contribution is -0.181. The number of hydrogen-bond acceptors (Lipinski definition) is 5. The van der Waals surface area contributed by atoms with Crippen LogP contribution in [0, 0.1) is 0 Å². The van der Waals surface area contributed by atoms with Gasteiger partial charge in [0.15, 0.2) is 0 Å². The van der Waals surface area contributed by atoms with Gasteiger partial charge in [0.2, 0.25) is 0 Å². The van der Waals surface area contributed by atoms with Gasteiger partial charge in [0.1, 0.15) is 18.5 Å². The first-order valence-electron chi connectivity index (χ1n) is 6.12. The Hall–Kier alpha value is -1.17. The number of nitrogens with zero attached hydrogens (tertiary/aromatic N) is 1. The van der Waals surface area contributed by atoms with Crippen molar-refractivity contribution in [3.05, 3.63) is 24.0 Å². The molecule has 2 heterocycles. The van der Waals surface area contributed by atoms with E-state index in [-0.39, 0.29) is 11.7 Å². The van der Waals surface area contributed by atoms with Crippen LogP contribution in [0.2, 0.25) is 0 Å². The fourth-order valence-electron chi connectivity index (χ4n) is 1.71. The highest BCUT2D eigenvalue weighted by molar-refractivity contribution is 5.29. The van der Waals surface area contributed by atoms with Crippen LogP contribution < -0.4 is 10.5 Å². The zero-order chi connectivity index (χ0) is 13.0. The third-order valence-corrected chi connectivity index (χ3v) is 2.84. The van der Waals surface area contributed by atoms with E-state index >= 15 is 0 Å². The molecule has 100 valence electrons. The smallest absolute Gasteiger partial charge is 0.142 e. The van der Waals surface area contributed by atoms with Crippen LogP contribution in [0.1, 0.15) is 19.4 Å². The first-order valence-corrected chi connectivity index (χ1v) is 6.12. The topological polar surface area (TPSA) is 66.6 Å². The number of hydrogen-bond donors (Lipinski definition) is 1. The maximum atomic E-state index is 5.69. The normalized spacial score (nSPS) is 22.7. The van der Waals surface area contributed by atoms with Gasteiger partial charge in [-0.2, -0.15) is 0 Å². The van der Waals surface area contributed by atoms with Gasteiger partial charge in [-0.05, 0) is 19.9 Å². The SMILES string of the molecule is CC1(C)COC(COc2cnccc2CN)CO1. The first-order chi connectivity index (χ1) is 8.61. The van der Waals surface area contributed by atoms with E-state index in [4.69, 9.17) is 19.9 Å². The van der Waals surface area contributed by atoms with E-state index in [2.05, 4.69) is 4.98 Å². The lowest BCUT2D eigenvalue weighted by Gasteiger charge is -2.34. The predicted molar refractivity (Wildman–Crippen MR) is 67.4 cm³/mol. The molecule has 0 radical (unpaired) electrons. The Balaban J connectivity index is 1.85. The summed E-state index contributed by atoms with van der Waals surface area (Å²) in [6.45, 7) is 6.04. The molecule has 1 unspecified atom stereocenters. The summed E-state index contributed by atoms with van der Waals surface area (Å²) in [6, 6.07) is 1.86. The summed E-state index contributed by atoms with van der Waals surface area (Å²) < 4.78 is 17.1. The lowest BCUT2D eigenvalue weighted by atomic mass is 10.1. The van der Waals surface area contributed by atoms with Crippen LogP contribution in [0.25, 0.3) is 0 Å². The lowest BCUT2D eigenvalue weighted by Crippen LogP contribution is -2.44. The van der Waals surface area contributed by atoms with Crippen molar-refractivity contribution in [2.24, 2.45) is 5.73 Å². The summed E-state index contributed by atoms with van der Waals surface area (Å²) >= 11 is 0. The van der Waals surface area contributed by atoms with Gasteiger partial charge in [-0.3, -0.25) is 4.98 Å². The Bertz CT molecular complexity index is 386. The molecule has 0 spiro atoms. The molecule has 2 N–H and O–H groups in total. The Morgan fingerprint density at radius 2 is 2.39 bits per heavy atom. The molecule has 1 aliphatic heterocycles. The molecular formula is C13H20N2O3. The fourth-order valence-corrected chi connectivity index (χ4v) is 1.71. The van der Waals surface area contributed by atoms with Gasteiger partial charge in [-0.25, -0.2) is 0 Å². The van der Waals surface area contributed by atoms with E-state index in [0.29, 0.717) is 32.1 Å². The second kappa shape index (κ2) is 5.65. The summed E-state index contributed by atoms with van der Waals surface area (Å²) in [5, 5.41) is 0. The number of aromatic nitrogens is 1. The molecule has 1 aliphatic rings. The minimum Gasteiger partial charge on any atom is -0.489 e. The van der Waals surface area contributed by atoms with Crippen LogP contribution in [0.4, 0.5) is 0 Å². The molecule has 0 amide bonds. The van der Waals surface area contributed by atoms with Crippen LogP contribution in [0.15, 0.2) is 18.5 Å². The van der Waals surface area contributed by atoms with Crippen molar-refractivity contribution in [3.8, 4) is 5.75 Å². The quantitative estimate of drug-likeness (QED) is 0.869. The van der Waals surface area contributed by atoms with Gasteiger partial charge in [0.05, 0.1) is 25.0 Å². The van der Waals surface area contributed by atoms with E-state index < -0.39 is 0 Å². The van der Waals surface area contributed by atoms with Crippen molar-refractivity contribution in [2.45, 2.75) is 32.1 Å². The summed E-state index contributed by atoms with van der Waals surface area (Å²) in [5.41, 5.74) is 6.38. The average molecular weight is 252 g/mol. The molecule has 0 aromatic carbocycles. The predicted octanol–water partition coefficient (Wildman–Crippen LogP) is 1.11. The van der Waals surface area contributed by atoms with Gasteiger partial charge < -0.3 is 19.9 Å².